The van der Waals surface area contributed by atoms with E-state index in [0.29, 0.717) is 38.3 Å². The van der Waals surface area contributed by atoms with E-state index in [1.54, 1.807) is 4.90 Å². The van der Waals surface area contributed by atoms with Crippen LogP contribution in [0.15, 0.2) is 54.6 Å². The Morgan fingerprint density at radius 3 is 2.48 bits per heavy atom. The summed E-state index contributed by atoms with van der Waals surface area (Å²) < 4.78 is 11.3. The first-order chi connectivity index (χ1) is 14.7. The molecule has 2 aromatic rings. The number of carboxylic acid groups (broad SMARTS) is 1. The zero-order chi connectivity index (χ0) is 22.4. The summed E-state index contributed by atoms with van der Waals surface area (Å²) in [6.07, 6.45) is 0.668. The third kappa shape index (κ3) is 6.74. The van der Waals surface area contributed by atoms with Gasteiger partial charge in [0.1, 0.15) is 18.0 Å². The van der Waals surface area contributed by atoms with Crippen LogP contribution in [0.5, 0.6) is 5.75 Å². The van der Waals surface area contributed by atoms with E-state index in [2.05, 4.69) is 0 Å². The lowest BCUT2D eigenvalue weighted by molar-refractivity contribution is -0.143. The first-order valence-electron chi connectivity index (χ1n) is 10.7. The van der Waals surface area contributed by atoms with Crippen molar-refractivity contribution in [3.05, 3.63) is 65.7 Å². The Hall–Kier alpha value is -3.02. The highest BCUT2D eigenvalue weighted by atomic mass is 16.6. The van der Waals surface area contributed by atoms with Crippen LogP contribution in [0.1, 0.15) is 38.3 Å². The van der Waals surface area contributed by atoms with Gasteiger partial charge in [-0.15, -0.1) is 0 Å². The van der Waals surface area contributed by atoms with E-state index >= 15 is 0 Å². The van der Waals surface area contributed by atoms with E-state index in [1.165, 1.54) is 0 Å². The van der Waals surface area contributed by atoms with Gasteiger partial charge in [-0.25, -0.2) is 4.79 Å². The SMILES string of the molecule is CC(C)(C)OC(=O)N1CC[C@H]([C@H](Cc2cccc(OCc3ccccc3)c2)C(=O)O)C1. The molecular formula is C25H31NO5. The number of hydrogen-bond donors (Lipinski definition) is 1. The summed E-state index contributed by atoms with van der Waals surface area (Å²) >= 11 is 0. The van der Waals surface area contributed by atoms with Crippen molar-refractivity contribution in [2.24, 2.45) is 11.8 Å². The highest BCUT2D eigenvalue weighted by Gasteiger charge is 2.37. The number of nitrogens with zero attached hydrogens (tertiary/aromatic N) is 1. The van der Waals surface area contributed by atoms with Gasteiger partial charge in [0.15, 0.2) is 0 Å². The Morgan fingerprint density at radius 1 is 1.10 bits per heavy atom. The second kappa shape index (κ2) is 9.86. The molecule has 1 amide bonds. The molecule has 1 aliphatic heterocycles. The third-order valence-corrected chi connectivity index (χ3v) is 5.37. The molecule has 1 fully saturated rings. The maximum Gasteiger partial charge on any atom is 0.410 e. The molecule has 166 valence electrons. The molecule has 6 nitrogen and oxygen atoms in total. The van der Waals surface area contributed by atoms with Crippen LogP contribution < -0.4 is 4.74 Å². The number of carboxylic acids is 1. The van der Waals surface area contributed by atoms with Gasteiger partial charge >= 0.3 is 12.1 Å². The monoisotopic (exact) mass is 425 g/mol. The van der Waals surface area contributed by atoms with Crippen molar-refractivity contribution >= 4 is 12.1 Å². The number of carbonyl (C=O) groups excluding carboxylic acids is 1. The minimum absolute atomic E-state index is 0.112. The molecule has 0 spiro atoms. The highest BCUT2D eigenvalue weighted by Crippen LogP contribution is 2.29. The predicted octanol–water partition coefficient (Wildman–Crippen LogP) is 4.77. The van der Waals surface area contributed by atoms with Gasteiger partial charge < -0.3 is 19.5 Å². The normalized spacial score (nSPS) is 17.3. The summed E-state index contributed by atoms with van der Waals surface area (Å²) in [6.45, 7) is 6.85. The van der Waals surface area contributed by atoms with Crippen molar-refractivity contribution in [1.29, 1.82) is 0 Å². The lowest BCUT2D eigenvalue weighted by atomic mass is 9.86. The van der Waals surface area contributed by atoms with Gasteiger partial charge in [-0.3, -0.25) is 4.79 Å². The van der Waals surface area contributed by atoms with E-state index in [4.69, 9.17) is 9.47 Å². The Balaban J connectivity index is 1.61. The number of amides is 1. The number of likely N-dealkylation sites (tertiary alicyclic amines) is 1. The molecule has 1 N–H and O–H groups in total. The van der Waals surface area contributed by atoms with Crippen LogP contribution in [0.3, 0.4) is 0 Å². The fourth-order valence-electron chi connectivity index (χ4n) is 3.82. The van der Waals surface area contributed by atoms with Crippen LogP contribution in [0, 0.1) is 11.8 Å². The Kier molecular flexibility index (Phi) is 7.21. The summed E-state index contributed by atoms with van der Waals surface area (Å²) in [7, 11) is 0. The highest BCUT2D eigenvalue weighted by molar-refractivity contribution is 5.72. The number of hydrogen-bond acceptors (Lipinski definition) is 4. The summed E-state index contributed by atoms with van der Waals surface area (Å²) in [4.78, 5) is 26.0. The maximum atomic E-state index is 12.3. The molecule has 1 aliphatic rings. The molecule has 1 saturated heterocycles. The van der Waals surface area contributed by atoms with Crippen molar-refractivity contribution in [1.82, 2.24) is 4.90 Å². The van der Waals surface area contributed by atoms with Gasteiger partial charge in [-0.05, 0) is 62.8 Å². The van der Waals surface area contributed by atoms with E-state index in [-0.39, 0.29) is 12.0 Å². The molecule has 0 bridgehead atoms. The third-order valence-electron chi connectivity index (χ3n) is 5.37. The Morgan fingerprint density at radius 2 is 1.81 bits per heavy atom. The van der Waals surface area contributed by atoms with Gasteiger partial charge in [-0.2, -0.15) is 0 Å². The molecule has 31 heavy (non-hydrogen) atoms. The number of carbonyl (C=O) groups is 2. The molecule has 2 aromatic carbocycles. The summed E-state index contributed by atoms with van der Waals surface area (Å²) in [5.74, 6) is -0.810. The van der Waals surface area contributed by atoms with E-state index in [1.807, 2.05) is 75.4 Å². The van der Waals surface area contributed by atoms with Crippen LogP contribution >= 0.6 is 0 Å². The average molecular weight is 426 g/mol. The first-order valence-corrected chi connectivity index (χ1v) is 10.7. The molecule has 2 atom stereocenters. The smallest absolute Gasteiger partial charge is 0.410 e. The summed E-state index contributed by atoms with van der Waals surface area (Å²) in [5, 5.41) is 9.86. The lowest BCUT2D eigenvalue weighted by Crippen LogP contribution is -2.36. The van der Waals surface area contributed by atoms with Gasteiger partial charge in [0.2, 0.25) is 0 Å². The van der Waals surface area contributed by atoms with Crippen molar-refractivity contribution < 1.29 is 24.2 Å². The lowest BCUT2D eigenvalue weighted by Gasteiger charge is -2.25. The minimum atomic E-state index is -0.841. The van der Waals surface area contributed by atoms with Crippen LogP contribution in [0.4, 0.5) is 4.79 Å². The van der Waals surface area contributed by atoms with Gasteiger partial charge in [0.25, 0.3) is 0 Å². The quantitative estimate of drug-likeness (QED) is 0.692. The number of rotatable bonds is 7. The van der Waals surface area contributed by atoms with Crippen molar-refractivity contribution in [3.63, 3.8) is 0 Å². The fourth-order valence-corrected chi connectivity index (χ4v) is 3.82. The summed E-state index contributed by atoms with van der Waals surface area (Å²) in [5.41, 5.74) is 1.42. The average Bonchev–Trinajstić information content (AvgIpc) is 3.20. The zero-order valence-electron chi connectivity index (χ0n) is 18.4. The van der Waals surface area contributed by atoms with Crippen LogP contribution in [-0.4, -0.2) is 40.8 Å². The zero-order valence-corrected chi connectivity index (χ0v) is 18.4. The fraction of sp³-hybridized carbons (Fsp3) is 0.440. The molecule has 0 radical (unpaired) electrons. The van der Waals surface area contributed by atoms with Gasteiger partial charge in [0, 0.05) is 13.1 Å². The topological polar surface area (TPSA) is 76.1 Å². The number of benzene rings is 2. The van der Waals surface area contributed by atoms with Gasteiger partial charge in [0.05, 0.1) is 5.92 Å². The van der Waals surface area contributed by atoms with E-state index in [9.17, 15) is 14.7 Å². The molecule has 0 saturated carbocycles. The largest absolute Gasteiger partial charge is 0.489 e. The van der Waals surface area contributed by atoms with Crippen LogP contribution in [0.2, 0.25) is 0 Å². The second-order valence-corrected chi connectivity index (χ2v) is 9.05. The predicted molar refractivity (Wildman–Crippen MR) is 118 cm³/mol. The number of ether oxygens (including phenoxy) is 2. The molecular weight excluding hydrogens is 394 g/mol. The van der Waals surface area contributed by atoms with Crippen molar-refractivity contribution in [2.45, 2.75) is 45.8 Å². The Bertz CT molecular complexity index is 890. The standard InChI is InChI=1S/C25H31NO5/c1-25(2,3)31-24(29)26-13-12-20(16-26)22(23(27)28)15-19-10-7-11-21(14-19)30-17-18-8-5-4-6-9-18/h4-11,14,20,22H,12-13,15-17H2,1-3H3,(H,27,28)/t20-,22-/m0/s1. The van der Waals surface area contributed by atoms with E-state index < -0.39 is 17.5 Å². The van der Waals surface area contributed by atoms with E-state index in [0.717, 1.165) is 11.1 Å². The van der Waals surface area contributed by atoms with Gasteiger partial charge in [-0.1, -0.05) is 42.5 Å². The molecule has 0 aliphatic carbocycles. The minimum Gasteiger partial charge on any atom is -0.489 e. The second-order valence-electron chi connectivity index (χ2n) is 9.05. The Labute approximate surface area is 183 Å². The molecule has 3 rings (SSSR count). The van der Waals surface area contributed by atoms with Crippen LogP contribution in [0.25, 0.3) is 0 Å². The molecule has 6 heteroatoms. The van der Waals surface area contributed by atoms with Crippen molar-refractivity contribution in [3.8, 4) is 5.75 Å². The molecule has 0 aromatic heterocycles. The molecule has 1 heterocycles. The molecule has 0 unspecified atom stereocenters. The summed E-state index contributed by atoms with van der Waals surface area (Å²) in [6, 6.07) is 17.5. The number of aliphatic carboxylic acids is 1. The maximum absolute atomic E-state index is 12.3. The van der Waals surface area contributed by atoms with Crippen LogP contribution in [-0.2, 0) is 22.6 Å². The first kappa shape index (κ1) is 22.7. The van der Waals surface area contributed by atoms with Crippen molar-refractivity contribution in [2.75, 3.05) is 13.1 Å².